The highest BCUT2D eigenvalue weighted by Crippen LogP contribution is 2.31. The van der Waals surface area contributed by atoms with Crippen LogP contribution in [0.5, 0.6) is 0 Å². The summed E-state index contributed by atoms with van der Waals surface area (Å²) in [6.07, 6.45) is 0. The fourth-order valence-corrected chi connectivity index (χ4v) is 2.57. The highest BCUT2D eigenvalue weighted by Gasteiger charge is 2.29. The molecule has 0 aliphatic carbocycles. The molecule has 0 fully saturated rings. The van der Waals surface area contributed by atoms with Crippen molar-refractivity contribution in [3.63, 3.8) is 0 Å². The molecule has 0 amide bonds. The van der Waals surface area contributed by atoms with E-state index in [-0.39, 0.29) is 23.9 Å². The third-order valence-corrected chi connectivity index (χ3v) is 4.89. The van der Waals surface area contributed by atoms with Crippen molar-refractivity contribution in [1.29, 1.82) is 0 Å². The molecule has 0 atom stereocenters. The van der Waals surface area contributed by atoms with Gasteiger partial charge in [0.05, 0.1) is 24.9 Å². The minimum atomic E-state index is -3.66. The lowest BCUT2D eigenvalue weighted by Crippen LogP contribution is -2.29. The summed E-state index contributed by atoms with van der Waals surface area (Å²) >= 11 is 1.59. The number of rotatable bonds is 5. The average molecular weight is 381 g/mol. The Kier molecular flexibility index (Phi) is 7.32. The molecule has 0 aromatic carbocycles. The van der Waals surface area contributed by atoms with E-state index in [1.165, 1.54) is 11.5 Å². The number of aliphatic hydroxyl groups excluding tert-OH is 1. The molecule has 0 unspecified atom stereocenters. The lowest BCUT2D eigenvalue weighted by Gasteiger charge is -2.17. The third kappa shape index (κ3) is 5.26. The summed E-state index contributed by atoms with van der Waals surface area (Å²) in [5.74, 6) is 1.98. The minimum absolute atomic E-state index is 0.130. The van der Waals surface area contributed by atoms with Gasteiger partial charge < -0.3 is 20.6 Å². The van der Waals surface area contributed by atoms with Crippen molar-refractivity contribution in [2.45, 2.75) is 6.92 Å². The molecular formula is C12H23N5O5S2. The number of nitrogens with two attached hydrogens (primary N) is 1. The Morgan fingerprint density at radius 1 is 1.38 bits per heavy atom. The highest BCUT2D eigenvalue weighted by atomic mass is 32.2. The van der Waals surface area contributed by atoms with Gasteiger partial charge in [-0.15, -0.1) is 11.8 Å². The van der Waals surface area contributed by atoms with Crippen molar-refractivity contribution >= 4 is 39.3 Å². The molecule has 1 aliphatic heterocycles. The molecule has 138 valence electrons. The zero-order chi connectivity index (χ0) is 18.5. The summed E-state index contributed by atoms with van der Waals surface area (Å²) in [7, 11) is -0.193. The molecule has 12 heteroatoms. The second-order valence-electron chi connectivity index (χ2n) is 5.02. The van der Waals surface area contributed by atoms with Crippen LogP contribution in [0.25, 0.3) is 0 Å². The number of nitrogens with zero attached hydrogens (tertiary/aromatic N) is 4. The van der Waals surface area contributed by atoms with Crippen molar-refractivity contribution in [2.24, 2.45) is 7.05 Å². The number of nitrogen functional groups attached to an aromatic ring is 1. The summed E-state index contributed by atoms with van der Waals surface area (Å²) in [4.78, 5) is 20.2. The normalized spacial score (nSPS) is 13.5. The van der Waals surface area contributed by atoms with Crippen molar-refractivity contribution in [3.8, 4) is 0 Å². The SMILES string of the molecule is CCS(=O)(=O)O.CN1CN(CSCCO)c2nc(N)n(C)c(=O)c21. The molecule has 2 rings (SSSR count). The molecule has 0 saturated carbocycles. The van der Waals surface area contributed by atoms with E-state index in [0.717, 1.165) is 0 Å². The molecule has 0 spiro atoms. The lowest BCUT2D eigenvalue weighted by atomic mass is 10.4. The van der Waals surface area contributed by atoms with Crippen LogP contribution >= 0.6 is 11.8 Å². The molecule has 2 heterocycles. The topological polar surface area (TPSA) is 142 Å². The molecule has 0 radical (unpaired) electrons. The average Bonchev–Trinajstić information content (AvgIpc) is 2.81. The Morgan fingerprint density at radius 3 is 2.46 bits per heavy atom. The maximum Gasteiger partial charge on any atom is 0.280 e. The standard InChI is InChI=1S/C10H17N5O2S.C2H6O3S/c1-13-5-15(6-18-4-3-16)8-7(13)9(17)14(2)10(11)12-8;1-2-6(3,4)5/h16H,3-6H2,1-2H3,(H2,11,12);2H2,1H3,(H,3,4,5). The first-order valence-electron chi connectivity index (χ1n) is 7.08. The number of aliphatic hydroxyl groups is 1. The maximum absolute atomic E-state index is 12.1. The second kappa shape index (κ2) is 8.55. The fourth-order valence-electron chi connectivity index (χ4n) is 1.88. The van der Waals surface area contributed by atoms with Crippen molar-refractivity contribution in [2.75, 3.05) is 53.2 Å². The first-order chi connectivity index (χ1) is 11.1. The predicted octanol–water partition coefficient (Wildman–Crippen LogP) is -0.847. The van der Waals surface area contributed by atoms with Crippen molar-refractivity contribution in [3.05, 3.63) is 10.4 Å². The first-order valence-corrected chi connectivity index (χ1v) is 9.85. The van der Waals surface area contributed by atoms with Gasteiger partial charge in [0.15, 0.2) is 5.82 Å². The van der Waals surface area contributed by atoms with Gasteiger partial charge in [-0.1, -0.05) is 0 Å². The van der Waals surface area contributed by atoms with Crippen LogP contribution in [0.4, 0.5) is 17.5 Å². The van der Waals surface area contributed by atoms with E-state index in [0.29, 0.717) is 29.8 Å². The Labute approximate surface area is 145 Å². The Morgan fingerprint density at radius 2 is 1.96 bits per heavy atom. The minimum Gasteiger partial charge on any atom is -0.396 e. The highest BCUT2D eigenvalue weighted by molar-refractivity contribution is 7.99. The van der Waals surface area contributed by atoms with E-state index in [2.05, 4.69) is 4.98 Å². The molecule has 1 aromatic heterocycles. The van der Waals surface area contributed by atoms with Gasteiger partial charge in [-0.05, 0) is 6.92 Å². The van der Waals surface area contributed by atoms with Gasteiger partial charge in [0, 0.05) is 19.8 Å². The molecule has 0 bridgehead atoms. The number of fused-ring (bicyclic) bond motifs is 1. The fraction of sp³-hybridized carbons (Fsp3) is 0.667. The number of hydrogen-bond donors (Lipinski definition) is 3. The molecule has 24 heavy (non-hydrogen) atoms. The zero-order valence-electron chi connectivity index (χ0n) is 13.8. The lowest BCUT2D eigenvalue weighted by molar-refractivity contribution is 0.322. The summed E-state index contributed by atoms with van der Waals surface area (Å²) in [6.45, 7) is 2.13. The molecule has 4 N–H and O–H groups in total. The summed E-state index contributed by atoms with van der Waals surface area (Å²) in [5.41, 5.74) is 6.17. The number of anilines is 3. The number of hydrogen-bond acceptors (Lipinski definition) is 9. The Balaban J connectivity index is 0.000000413. The van der Waals surface area contributed by atoms with Gasteiger partial charge in [0.2, 0.25) is 5.95 Å². The van der Waals surface area contributed by atoms with Crippen LogP contribution in [0.15, 0.2) is 4.79 Å². The summed E-state index contributed by atoms with van der Waals surface area (Å²) in [5, 5.41) is 8.77. The second-order valence-corrected chi connectivity index (χ2v) is 7.83. The van der Waals surface area contributed by atoms with E-state index in [4.69, 9.17) is 15.4 Å². The van der Waals surface area contributed by atoms with E-state index in [9.17, 15) is 13.2 Å². The molecule has 1 aromatic rings. The predicted molar refractivity (Wildman–Crippen MR) is 96.1 cm³/mol. The Hall–Kier alpha value is -1.50. The van der Waals surface area contributed by atoms with Crippen molar-refractivity contribution < 1.29 is 18.1 Å². The van der Waals surface area contributed by atoms with Gasteiger partial charge in [0.1, 0.15) is 5.69 Å². The van der Waals surface area contributed by atoms with E-state index < -0.39 is 10.1 Å². The van der Waals surface area contributed by atoms with Gasteiger partial charge in [-0.25, -0.2) is 0 Å². The monoisotopic (exact) mass is 381 g/mol. The largest absolute Gasteiger partial charge is 0.396 e. The van der Waals surface area contributed by atoms with E-state index >= 15 is 0 Å². The van der Waals surface area contributed by atoms with Crippen LogP contribution in [0.3, 0.4) is 0 Å². The Bertz CT molecular complexity index is 721. The first kappa shape index (κ1) is 20.5. The zero-order valence-corrected chi connectivity index (χ0v) is 15.5. The van der Waals surface area contributed by atoms with Crippen LogP contribution in [0.1, 0.15) is 6.92 Å². The van der Waals surface area contributed by atoms with Crippen molar-refractivity contribution in [1.82, 2.24) is 9.55 Å². The quantitative estimate of drug-likeness (QED) is 0.436. The third-order valence-electron chi connectivity index (χ3n) is 3.19. The summed E-state index contributed by atoms with van der Waals surface area (Å²) < 4.78 is 28.3. The molecule has 10 nitrogen and oxygen atoms in total. The van der Waals surface area contributed by atoms with Crippen LogP contribution in [0, 0.1) is 0 Å². The van der Waals surface area contributed by atoms with E-state index in [1.807, 2.05) is 16.8 Å². The maximum atomic E-state index is 12.1. The van der Waals surface area contributed by atoms with Crippen LogP contribution in [-0.2, 0) is 17.2 Å². The van der Waals surface area contributed by atoms with Gasteiger partial charge in [-0.3, -0.25) is 13.9 Å². The number of aromatic nitrogens is 2. The number of thioether (sulfide) groups is 1. The smallest absolute Gasteiger partial charge is 0.280 e. The van der Waals surface area contributed by atoms with Crippen LogP contribution < -0.4 is 21.1 Å². The van der Waals surface area contributed by atoms with Gasteiger partial charge in [-0.2, -0.15) is 13.4 Å². The van der Waals surface area contributed by atoms with Gasteiger partial charge in [0.25, 0.3) is 15.7 Å². The summed E-state index contributed by atoms with van der Waals surface area (Å²) in [6, 6.07) is 0. The van der Waals surface area contributed by atoms with Gasteiger partial charge >= 0.3 is 0 Å². The molecular weight excluding hydrogens is 358 g/mol. The van der Waals surface area contributed by atoms with Crippen LogP contribution in [-0.4, -0.2) is 65.3 Å². The van der Waals surface area contributed by atoms with Crippen LogP contribution in [0.2, 0.25) is 0 Å². The van der Waals surface area contributed by atoms with E-state index in [1.54, 1.807) is 18.8 Å². The molecule has 1 aliphatic rings. The molecule has 0 saturated heterocycles.